The van der Waals surface area contributed by atoms with Crippen LogP contribution in [0, 0.1) is 5.82 Å². The van der Waals surface area contributed by atoms with Crippen LogP contribution < -0.4 is 10.1 Å². The van der Waals surface area contributed by atoms with Crippen molar-refractivity contribution in [3.63, 3.8) is 0 Å². The van der Waals surface area contributed by atoms with Crippen LogP contribution in [-0.4, -0.2) is 22.5 Å². The number of pyridine rings is 1. The summed E-state index contributed by atoms with van der Waals surface area (Å²) in [7, 11) is 0. The number of carbonyl (C=O) groups is 1. The predicted molar refractivity (Wildman–Crippen MR) is 103 cm³/mol. The van der Waals surface area contributed by atoms with Crippen molar-refractivity contribution in [1.29, 1.82) is 0 Å². The first kappa shape index (κ1) is 19.3. The number of nitrogens with zero attached hydrogens (tertiary/aromatic N) is 2. The molecule has 140 valence electrons. The van der Waals surface area contributed by atoms with Crippen molar-refractivity contribution in [3.8, 4) is 17.0 Å². The van der Waals surface area contributed by atoms with Gasteiger partial charge < -0.3 is 10.1 Å². The predicted octanol–water partition coefficient (Wildman–Crippen LogP) is 4.64. The Morgan fingerprint density at radius 2 is 2.26 bits per heavy atom. The molecule has 2 aromatic heterocycles. The molecule has 0 saturated heterocycles. The molecule has 0 radical (unpaired) electrons. The molecule has 0 fully saturated rings. The van der Waals surface area contributed by atoms with E-state index in [1.807, 2.05) is 24.4 Å². The quantitative estimate of drug-likeness (QED) is 0.621. The number of hydrogen-bond acceptors (Lipinski definition) is 5. The fourth-order valence-corrected chi connectivity index (χ4v) is 3.41. The monoisotopic (exact) mass is 405 g/mol. The van der Waals surface area contributed by atoms with E-state index in [1.165, 1.54) is 29.5 Å². The first-order valence-electron chi connectivity index (χ1n) is 8.26. The third-order valence-electron chi connectivity index (χ3n) is 3.71. The number of rotatable bonds is 7. The third kappa shape index (κ3) is 5.24. The molecule has 3 aromatic rings. The zero-order chi connectivity index (χ0) is 19.2. The van der Waals surface area contributed by atoms with E-state index in [9.17, 15) is 9.18 Å². The van der Waals surface area contributed by atoms with E-state index in [0.29, 0.717) is 5.75 Å². The van der Waals surface area contributed by atoms with Gasteiger partial charge in [-0.05, 0) is 37.3 Å². The van der Waals surface area contributed by atoms with Crippen molar-refractivity contribution in [2.24, 2.45) is 0 Å². The number of carbonyl (C=O) groups excluding carboxylic acids is 1. The van der Waals surface area contributed by atoms with Crippen LogP contribution in [-0.2, 0) is 4.79 Å². The summed E-state index contributed by atoms with van der Waals surface area (Å²) in [6.07, 6.45) is 3.61. The van der Waals surface area contributed by atoms with Crippen LogP contribution in [0.1, 0.15) is 24.4 Å². The van der Waals surface area contributed by atoms with Gasteiger partial charge in [-0.3, -0.25) is 9.78 Å². The van der Waals surface area contributed by atoms with Crippen LogP contribution in [0.15, 0.2) is 48.1 Å². The molecule has 1 aromatic carbocycles. The molecule has 0 aliphatic heterocycles. The number of ether oxygens (including phenoxy) is 1. The minimum atomic E-state index is -0.437. The molecule has 5 nitrogen and oxygen atoms in total. The maximum atomic E-state index is 13.0. The molecule has 3 rings (SSSR count). The van der Waals surface area contributed by atoms with Gasteiger partial charge in [0, 0.05) is 23.3 Å². The number of halogens is 2. The number of amides is 1. The van der Waals surface area contributed by atoms with Crippen LogP contribution in [0.25, 0.3) is 11.3 Å². The second-order valence-corrected chi connectivity index (χ2v) is 7.07. The largest absolute Gasteiger partial charge is 0.491 e. The molecule has 2 heterocycles. The summed E-state index contributed by atoms with van der Waals surface area (Å²) in [6, 6.07) is 7.43. The Hall–Kier alpha value is -2.51. The molecule has 27 heavy (non-hydrogen) atoms. The average molecular weight is 406 g/mol. The number of aromatic nitrogens is 2. The summed E-state index contributed by atoms with van der Waals surface area (Å²) >= 11 is 7.37. The van der Waals surface area contributed by atoms with Crippen molar-refractivity contribution < 1.29 is 13.9 Å². The average Bonchev–Trinajstić information content (AvgIpc) is 3.14. The Kier molecular flexibility index (Phi) is 6.36. The Balaban J connectivity index is 1.50. The van der Waals surface area contributed by atoms with Crippen molar-refractivity contribution in [3.05, 3.63) is 64.0 Å². The lowest BCUT2D eigenvalue weighted by molar-refractivity contribution is -0.122. The van der Waals surface area contributed by atoms with Crippen LogP contribution in [0.3, 0.4) is 0 Å². The summed E-state index contributed by atoms with van der Waals surface area (Å²) in [5.41, 5.74) is 1.77. The topological polar surface area (TPSA) is 64.1 Å². The van der Waals surface area contributed by atoms with E-state index in [4.69, 9.17) is 16.3 Å². The molecule has 1 N–H and O–H groups in total. The van der Waals surface area contributed by atoms with Gasteiger partial charge in [-0.15, -0.1) is 11.3 Å². The normalized spacial score (nSPS) is 11.8. The van der Waals surface area contributed by atoms with Crippen LogP contribution in [0.5, 0.6) is 5.75 Å². The SMILES string of the molecule is CC(NC(=O)CCOc1ccc(F)cc1Cl)c1nc(-c2cccnc2)cs1. The lowest BCUT2D eigenvalue weighted by Crippen LogP contribution is -2.27. The highest BCUT2D eigenvalue weighted by Gasteiger charge is 2.14. The maximum Gasteiger partial charge on any atom is 0.223 e. The molecule has 0 spiro atoms. The van der Waals surface area contributed by atoms with E-state index in [0.717, 1.165) is 16.3 Å². The fourth-order valence-electron chi connectivity index (χ4n) is 2.35. The summed E-state index contributed by atoms with van der Waals surface area (Å²) in [6.45, 7) is 2.02. The zero-order valence-electron chi connectivity index (χ0n) is 14.5. The van der Waals surface area contributed by atoms with Crippen molar-refractivity contribution in [1.82, 2.24) is 15.3 Å². The fraction of sp³-hybridized carbons (Fsp3) is 0.211. The highest BCUT2D eigenvalue weighted by Crippen LogP contribution is 2.26. The molecule has 0 saturated carbocycles. The summed E-state index contributed by atoms with van der Waals surface area (Å²) in [5, 5.41) is 5.82. The van der Waals surface area contributed by atoms with Gasteiger partial charge in [-0.2, -0.15) is 0 Å². The highest BCUT2D eigenvalue weighted by molar-refractivity contribution is 7.10. The van der Waals surface area contributed by atoms with E-state index < -0.39 is 5.82 Å². The van der Waals surface area contributed by atoms with E-state index in [1.54, 1.807) is 12.4 Å². The lowest BCUT2D eigenvalue weighted by atomic mass is 10.2. The molecule has 8 heteroatoms. The summed E-state index contributed by atoms with van der Waals surface area (Å²) < 4.78 is 18.4. The smallest absolute Gasteiger partial charge is 0.223 e. The second-order valence-electron chi connectivity index (χ2n) is 5.78. The highest BCUT2D eigenvalue weighted by atomic mass is 35.5. The van der Waals surface area contributed by atoms with Gasteiger partial charge >= 0.3 is 0 Å². The minimum Gasteiger partial charge on any atom is -0.491 e. The first-order valence-corrected chi connectivity index (χ1v) is 9.51. The maximum absolute atomic E-state index is 13.0. The van der Waals surface area contributed by atoms with Crippen LogP contribution in [0.4, 0.5) is 4.39 Å². The molecule has 0 aliphatic rings. The number of thiazole rings is 1. The van der Waals surface area contributed by atoms with E-state index in [-0.39, 0.29) is 30.0 Å². The zero-order valence-corrected chi connectivity index (χ0v) is 16.1. The molecule has 1 atom stereocenters. The van der Waals surface area contributed by atoms with Crippen molar-refractivity contribution in [2.75, 3.05) is 6.61 Å². The van der Waals surface area contributed by atoms with Crippen LogP contribution >= 0.6 is 22.9 Å². The number of nitrogens with one attached hydrogen (secondary N) is 1. The first-order chi connectivity index (χ1) is 13.0. The molecule has 1 amide bonds. The van der Waals surface area contributed by atoms with Gasteiger partial charge in [-0.1, -0.05) is 11.6 Å². The van der Waals surface area contributed by atoms with E-state index in [2.05, 4.69) is 15.3 Å². The Morgan fingerprint density at radius 3 is 3.00 bits per heavy atom. The molecular weight excluding hydrogens is 389 g/mol. The van der Waals surface area contributed by atoms with Crippen molar-refractivity contribution in [2.45, 2.75) is 19.4 Å². The van der Waals surface area contributed by atoms with Gasteiger partial charge in [0.1, 0.15) is 16.6 Å². The van der Waals surface area contributed by atoms with Gasteiger partial charge in [0.2, 0.25) is 5.91 Å². The molecule has 1 unspecified atom stereocenters. The lowest BCUT2D eigenvalue weighted by Gasteiger charge is -2.12. The van der Waals surface area contributed by atoms with Gasteiger partial charge in [0.05, 0.1) is 29.8 Å². The standard InChI is InChI=1S/C19H17ClFN3O2S/c1-12(19-24-16(11-27-19)13-3-2-7-22-10-13)23-18(25)6-8-26-17-5-4-14(21)9-15(17)20/h2-5,7,9-12H,6,8H2,1H3,(H,23,25). The minimum absolute atomic E-state index is 0.142. The third-order valence-corrected chi connectivity index (χ3v) is 5.03. The van der Waals surface area contributed by atoms with Gasteiger partial charge in [0.25, 0.3) is 0 Å². The van der Waals surface area contributed by atoms with Gasteiger partial charge in [-0.25, -0.2) is 9.37 Å². The molecular formula is C19H17ClFN3O2S. The number of benzene rings is 1. The van der Waals surface area contributed by atoms with Gasteiger partial charge in [0.15, 0.2) is 0 Å². The summed E-state index contributed by atoms with van der Waals surface area (Å²) in [5.74, 6) is -0.258. The van der Waals surface area contributed by atoms with Crippen molar-refractivity contribution >= 4 is 28.8 Å². The Bertz CT molecular complexity index is 920. The summed E-state index contributed by atoms with van der Waals surface area (Å²) in [4.78, 5) is 20.8. The molecule has 0 aliphatic carbocycles. The second kappa shape index (κ2) is 8.92. The van der Waals surface area contributed by atoms with E-state index >= 15 is 0 Å². The Morgan fingerprint density at radius 1 is 1.41 bits per heavy atom. The molecule has 0 bridgehead atoms. The van der Waals surface area contributed by atoms with Crippen LogP contribution in [0.2, 0.25) is 5.02 Å². The number of hydrogen-bond donors (Lipinski definition) is 1. The Labute approximate surface area is 165 Å².